The topological polar surface area (TPSA) is 117 Å². The van der Waals surface area contributed by atoms with E-state index in [-0.39, 0.29) is 48.4 Å². The van der Waals surface area contributed by atoms with Gasteiger partial charge in [-0.15, -0.1) is 0 Å². The molecule has 0 spiro atoms. The van der Waals surface area contributed by atoms with Crippen LogP contribution in [0.2, 0.25) is 5.02 Å². The van der Waals surface area contributed by atoms with E-state index in [4.69, 9.17) is 11.6 Å². The number of likely N-dealkylation sites (N-methyl/N-ethyl adjacent to an activating group) is 1. The van der Waals surface area contributed by atoms with Crippen molar-refractivity contribution in [3.05, 3.63) is 50.1 Å². The molecule has 2 aromatic heterocycles. The summed E-state index contributed by atoms with van der Waals surface area (Å²) in [6.07, 6.45) is 1.40. The standard InChI is InChI=1S/C26H31ClF2N8O3/c1-14-9-36(10-15(2)26(14,28)29)25-30-8-18(27)22(33-25)32-16-5-6-19-20(7-16)37(24(40)23(39)35(19)4)13-21(38)31-17-11-34(3)12-17/h5-8,14-15,17H,9-13H2,1-4H3,(H,31,38)(H,30,32,33)/t14-,15+. The van der Waals surface area contributed by atoms with Crippen LogP contribution in [0.3, 0.4) is 0 Å². The highest BCUT2D eigenvalue weighted by atomic mass is 35.5. The van der Waals surface area contributed by atoms with Crippen LogP contribution in [0, 0.1) is 11.8 Å². The zero-order valence-corrected chi connectivity index (χ0v) is 23.4. The molecule has 0 bridgehead atoms. The number of piperidine rings is 1. The molecule has 0 unspecified atom stereocenters. The molecular formula is C26H31ClF2N8O3. The first kappa shape index (κ1) is 28.0. The quantitative estimate of drug-likeness (QED) is 0.428. The smallest absolute Gasteiger partial charge is 0.317 e. The van der Waals surface area contributed by atoms with Crippen molar-refractivity contribution in [3.63, 3.8) is 0 Å². The van der Waals surface area contributed by atoms with Crippen LogP contribution in [0.5, 0.6) is 0 Å². The van der Waals surface area contributed by atoms with Gasteiger partial charge in [0, 0.05) is 50.7 Å². The van der Waals surface area contributed by atoms with E-state index in [1.165, 1.54) is 31.7 Å². The average Bonchev–Trinajstić information content (AvgIpc) is 2.89. The van der Waals surface area contributed by atoms with Crippen LogP contribution >= 0.6 is 11.6 Å². The Hall–Kier alpha value is -3.58. The molecule has 40 heavy (non-hydrogen) atoms. The second kappa shape index (κ2) is 10.4. The molecule has 0 aliphatic carbocycles. The molecule has 2 saturated heterocycles. The summed E-state index contributed by atoms with van der Waals surface area (Å²) >= 11 is 6.37. The molecule has 14 heteroatoms. The van der Waals surface area contributed by atoms with Crippen molar-refractivity contribution in [2.45, 2.75) is 32.4 Å². The van der Waals surface area contributed by atoms with E-state index in [0.29, 0.717) is 29.8 Å². The van der Waals surface area contributed by atoms with E-state index < -0.39 is 28.9 Å². The van der Waals surface area contributed by atoms with Gasteiger partial charge in [-0.1, -0.05) is 25.4 Å². The Morgan fingerprint density at radius 3 is 2.40 bits per heavy atom. The fourth-order valence-electron chi connectivity index (χ4n) is 5.31. The molecule has 1 amide bonds. The van der Waals surface area contributed by atoms with Gasteiger partial charge in [0.1, 0.15) is 11.6 Å². The highest BCUT2D eigenvalue weighted by Gasteiger charge is 2.47. The van der Waals surface area contributed by atoms with Gasteiger partial charge in [-0.2, -0.15) is 4.98 Å². The molecule has 2 N–H and O–H groups in total. The fourth-order valence-corrected chi connectivity index (χ4v) is 5.44. The molecular weight excluding hydrogens is 546 g/mol. The monoisotopic (exact) mass is 576 g/mol. The number of amides is 1. The van der Waals surface area contributed by atoms with E-state index in [1.54, 1.807) is 23.1 Å². The van der Waals surface area contributed by atoms with Crippen LogP contribution in [-0.4, -0.2) is 75.1 Å². The van der Waals surface area contributed by atoms with Crippen LogP contribution in [0.1, 0.15) is 13.8 Å². The van der Waals surface area contributed by atoms with Crippen LogP contribution in [-0.2, 0) is 18.4 Å². The van der Waals surface area contributed by atoms with Gasteiger partial charge >= 0.3 is 11.1 Å². The maximum absolute atomic E-state index is 14.4. The second-order valence-corrected chi connectivity index (χ2v) is 11.2. The minimum Gasteiger partial charge on any atom is -0.349 e. The third-order valence-corrected chi connectivity index (χ3v) is 7.95. The Balaban J connectivity index is 1.45. The number of hydrogen-bond acceptors (Lipinski definition) is 8. The minimum atomic E-state index is -2.78. The minimum absolute atomic E-state index is 0.00514. The number of carbonyl (C=O) groups excluding carboxylic acids is 1. The van der Waals surface area contributed by atoms with Crippen molar-refractivity contribution in [2.24, 2.45) is 18.9 Å². The fraction of sp³-hybridized carbons (Fsp3) is 0.500. The summed E-state index contributed by atoms with van der Waals surface area (Å²) in [5, 5.41) is 6.19. The number of carbonyl (C=O) groups is 1. The van der Waals surface area contributed by atoms with Crippen LogP contribution in [0.25, 0.3) is 11.0 Å². The van der Waals surface area contributed by atoms with Gasteiger partial charge in [0.25, 0.3) is 5.92 Å². The summed E-state index contributed by atoms with van der Waals surface area (Å²) in [7, 11) is 3.43. The maximum Gasteiger partial charge on any atom is 0.317 e. The number of alkyl halides is 2. The lowest BCUT2D eigenvalue weighted by molar-refractivity contribution is -0.123. The normalized spacial score (nSPS) is 21.3. The van der Waals surface area contributed by atoms with E-state index in [9.17, 15) is 23.2 Å². The molecule has 214 valence electrons. The second-order valence-electron chi connectivity index (χ2n) is 10.8. The third-order valence-electron chi connectivity index (χ3n) is 7.67. The molecule has 11 nitrogen and oxygen atoms in total. The molecule has 0 saturated carbocycles. The molecule has 4 heterocycles. The number of aryl methyl sites for hydroxylation is 1. The van der Waals surface area contributed by atoms with Crippen LogP contribution < -0.4 is 26.7 Å². The number of nitrogens with zero attached hydrogens (tertiary/aromatic N) is 6. The van der Waals surface area contributed by atoms with E-state index >= 15 is 0 Å². The Kier molecular flexibility index (Phi) is 7.29. The molecule has 3 aromatic rings. The number of rotatable bonds is 6. The van der Waals surface area contributed by atoms with Gasteiger partial charge in [0.2, 0.25) is 11.9 Å². The molecule has 0 radical (unpaired) electrons. The van der Waals surface area contributed by atoms with Gasteiger partial charge in [-0.25, -0.2) is 13.8 Å². The lowest BCUT2D eigenvalue weighted by Gasteiger charge is -2.41. The first-order chi connectivity index (χ1) is 18.8. The molecule has 2 aliphatic heterocycles. The highest BCUT2D eigenvalue weighted by molar-refractivity contribution is 6.32. The summed E-state index contributed by atoms with van der Waals surface area (Å²) in [5.74, 6) is -4.40. The largest absolute Gasteiger partial charge is 0.349 e. The van der Waals surface area contributed by atoms with Gasteiger partial charge < -0.3 is 25.0 Å². The summed E-state index contributed by atoms with van der Waals surface area (Å²) in [4.78, 5) is 50.7. The number of likely N-dealkylation sites (tertiary alicyclic amines) is 1. The van der Waals surface area contributed by atoms with Gasteiger partial charge in [0.05, 0.1) is 23.3 Å². The Bertz CT molecular complexity index is 1570. The SMILES string of the molecule is C[C@@H]1CN(c2ncc(Cl)c(Nc3ccc4c(c3)n(CC(=O)NC3CN(C)C3)c(=O)c(=O)n4C)n2)C[C@H](C)C1(F)F. The summed E-state index contributed by atoms with van der Waals surface area (Å²) in [6, 6.07) is 4.96. The van der Waals surface area contributed by atoms with Crippen molar-refractivity contribution in [1.82, 2.24) is 29.3 Å². The van der Waals surface area contributed by atoms with E-state index in [1.807, 2.05) is 11.9 Å². The molecule has 2 atom stereocenters. The molecule has 2 aliphatic rings. The lowest BCUT2D eigenvalue weighted by Crippen LogP contribution is -2.58. The molecule has 2 fully saturated rings. The number of fused-ring (bicyclic) bond motifs is 1. The number of aromatic nitrogens is 4. The number of halogens is 3. The van der Waals surface area contributed by atoms with Gasteiger partial charge in [-0.3, -0.25) is 19.0 Å². The zero-order chi connectivity index (χ0) is 28.9. The Morgan fingerprint density at radius 2 is 1.75 bits per heavy atom. The molecule has 1 aromatic carbocycles. The number of anilines is 3. The average molecular weight is 577 g/mol. The first-order valence-electron chi connectivity index (χ1n) is 13.0. The van der Waals surface area contributed by atoms with Gasteiger partial charge in [-0.05, 0) is 25.2 Å². The summed E-state index contributed by atoms with van der Waals surface area (Å²) in [5.41, 5.74) is -0.259. The maximum atomic E-state index is 14.4. The van der Waals surface area contributed by atoms with Crippen molar-refractivity contribution in [3.8, 4) is 0 Å². The summed E-state index contributed by atoms with van der Waals surface area (Å²) < 4.78 is 31.1. The highest BCUT2D eigenvalue weighted by Crippen LogP contribution is 2.39. The van der Waals surface area contributed by atoms with Crippen molar-refractivity contribution >= 4 is 46.0 Å². The number of benzene rings is 1. The van der Waals surface area contributed by atoms with Gasteiger partial charge in [0.15, 0.2) is 5.82 Å². The Labute approximate surface area is 233 Å². The predicted octanol–water partition coefficient (Wildman–Crippen LogP) is 2.04. The van der Waals surface area contributed by atoms with E-state index in [0.717, 1.165) is 4.57 Å². The number of nitrogens with one attached hydrogen (secondary N) is 2. The van der Waals surface area contributed by atoms with Crippen molar-refractivity contribution in [2.75, 3.05) is 43.4 Å². The third kappa shape index (κ3) is 5.15. The molecule has 5 rings (SSSR count). The Morgan fingerprint density at radius 1 is 1.07 bits per heavy atom. The zero-order valence-electron chi connectivity index (χ0n) is 22.6. The van der Waals surface area contributed by atoms with Crippen LogP contribution in [0.4, 0.5) is 26.2 Å². The lowest BCUT2D eigenvalue weighted by atomic mass is 9.87. The van der Waals surface area contributed by atoms with Crippen molar-refractivity contribution < 1.29 is 13.6 Å². The van der Waals surface area contributed by atoms with Crippen LogP contribution in [0.15, 0.2) is 34.0 Å². The predicted molar refractivity (Wildman–Crippen MR) is 149 cm³/mol. The number of hydrogen-bond donors (Lipinski definition) is 2. The van der Waals surface area contributed by atoms with Crippen molar-refractivity contribution in [1.29, 1.82) is 0 Å². The first-order valence-corrected chi connectivity index (χ1v) is 13.4. The van der Waals surface area contributed by atoms with E-state index in [2.05, 4.69) is 20.6 Å². The summed E-state index contributed by atoms with van der Waals surface area (Å²) in [6.45, 7) is 4.30.